The molecule has 0 aromatic heterocycles. The highest BCUT2D eigenvalue weighted by Gasteiger charge is 2.19. The first-order valence-corrected chi connectivity index (χ1v) is 5.85. The summed E-state index contributed by atoms with van der Waals surface area (Å²) in [5, 5.41) is 13.8. The third-order valence-corrected chi connectivity index (χ3v) is 3.34. The Morgan fingerprint density at radius 2 is 2.38 bits per heavy atom. The molecule has 1 atom stereocenters. The minimum absolute atomic E-state index is 0.182. The molecule has 1 aliphatic heterocycles. The lowest BCUT2D eigenvalue weighted by Gasteiger charge is -2.13. The number of rotatable bonds is 3. The first-order chi connectivity index (χ1) is 7.72. The molecule has 2 N–H and O–H groups in total. The zero-order valence-electron chi connectivity index (χ0n) is 9.29. The predicted molar refractivity (Wildman–Crippen MR) is 64.3 cm³/mol. The predicted octanol–water partition coefficient (Wildman–Crippen LogP) is 2.21. The van der Waals surface area contributed by atoms with Crippen molar-refractivity contribution in [3.63, 3.8) is 0 Å². The van der Waals surface area contributed by atoms with Crippen LogP contribution in [-0.4, -0.2) is 25.3 Å². The van der Waals surface area contributed by atoms with Gasteiger partial charge in [0.25, 0.3) is 0 Å². The Morgan fingerprint density at radius 1 is 1.56 bits per heavy atom. The molecule has 0 bridgehead atoms. The molecule has 0 saturated carbocycles. The van der Waals surface area contributed by atoms with E-state index >= 15 is 0 Å². The van der Waals surface area contributed by atoms with Gasteiger partial charge in [-0.15, -0.1) is 0 Å². The summed E-state index contributed by atoms with van der Waals surface area (Å²) in [4.78, 5) is 0. The summed E-state index contributed by atoms with van der Waals surface area (Å²) in [6.45, 7) is 2.08. The van der Waals surface area contributed by atoms with E-state index in [0.717, 1.165) is 31.5 Å². The third-order valence-electron chi connectivity index (χ3n) is 3.04. The molecular weight excluding hydrogens is 226 g/mol. The van der Waals surface area contributed by atoms with Crippen LogP contribution >= 0.6 is 11.6 Å². The Balaban J connectivity index is 2.20. The van der Waals surface area contributed by atoms with Gasteiger partial charge in [0.15, 0.2) is 11.5 Å². The first kappa shape index (κ1) is 11.6. The number of hydrogen-bond acceptors (Lipinski definition) is 3. The summed E-state index contributed by atoms with van der Waals surface area (Å²) >= 11 is 5.92. The summed E-state index contributed by atoms with van der Waals surface area (Å²) in [5.41, 5.74) is 0.912. The second kappa shape index (κ2) is 4.93. The normalized spacial score (nSPS) is 20.0. The number of halogens is 1. The summed E-state index contributed by atoms with van der Waals surface area (Å²) in [6, 6.07) is 3.65. The Bertz CT molecular complexity index is 376. The molecule has 1 aromatic rings. The van der Waals surface area contributed by atoms with Gasteiger partial charge in [0.05, 0.1) is 12.1 Å². The molecule has 0 aliphatic carbocycles. The molecule has 1 saturated heterocycles. The average molecular weight is 242 g/mol. The highest BCUT2D eigenvalue weighted by molar-refractivity contribution is 6.32. The summed E-state index contributed by atoms with van der Waals surface area (Å²) in [5.74, 6) is 1.16. The van der Waals surface area contributed by atoms with Crippen molar-refractivity contribution in [2.45, 2.75) is 12.8 Å². The molecular formula is C12H16ClNO2. The number of phenolic OH excluding ortho intramolecular Hbond substituents is 1. The molecule has 1 unspecified atom stereocenters. The van der Waals surface area contributed by atoms with Crippen molar-refractivity contribution in [2.75, 3.05) is 20.2 Å². The molecule has 0 amide bonds. The Morgan fingerprint density at radius 3 is 3.00 bits per heavy atom. The van der Waals surface area contributed by atoms with Crippen LogP contribution in [0.2, 0.25) is 5.02 Å². The maximum Gasteiger partial charge on any atom is 0.179 e. The van der Waals surface area contributed by atoms with Gasteiger partial charge in [-0.1, -0.05) is 17.7 Å². The number of aromatic hydroxyl groups is 1. The highest BCUT2D eigenvalue weighted by atomic mass is 35.5. The zero-order chi connectivity index (χ0) is 11.5. The molecule has 4 heteroatoms. The molecule has 0 spiro atoms. The molecule has 3 nitrogen and oxygen atoms in total. The van der Waals surface area contributed by atoms with E-state index in [4.69, 9.17) is 16.3 Å². The van der Waals surface area contributed by atoms with E-state index in [-0.39, 0.29) is 5.75 Å². The number of methoxy groups -OCH3 is 1. The molecule has 1 aromatic carbocycles. The van der Waals surface area contributed by atoms with Gasteiger partial charge in [0.1, 0.15) is 0 Å². The smallest absolute Gasteiger partial charge is 0.179 e. The Hall–Kier alpha value is -0.930. The molecule has 0 radical (unpaired) electrons. The van der Waals surface area contributed by atoms with Crippen molar-refractivity contribution < 1.29 is 9.84 Å². The van der Waals surface area contributed by atoms with E-state index < -0.39 is 0 Å². The van der Waals surface area contributed by atoms with Crippen molar-refractivity contribution in [2.24, 2.45) is 5.92 Å². The van der Waals surface area contributed by atoms with Crippen LogP contribution in [0.25, 0.3) is 0 Å². The van der Waals surface area contributed by atoms with E-state index in [0.29, 0.717) is 16.7 Å². The van der Waals surface area contributed by atoms with Crippen molar-refractivity contribution in [1.82, 2.24) is 5.32 Å². The molecule has 1 fully saturated rings. The van der Waals surface area contributed by atoms with Crippen LogP contribution in [0, 0.1) is 5.92 Å². The standard InChI is InChI=1S/C12H16ClNO2/c1-16-12-10(13)3-2-9(11(12)15)6-8-4-5-14-7-8/h2-3,8,14-15H,4-7H2,1H3. The molecule has 88 valence electrons. The van der Waals surface area contributed by atoms with Crippen molar-refractivity contribution in [3.05, 3.63) is 22.7 Å². The van der Waals surface area contributed by atoms with E-state index in [2.05, 4.69) is 5.32 Å². The molecule has 1 heterocycles. The van der Waals surface area contributed by atoms with E-state index in [1.165, 1.54) is 7.11 Å². The van der Waals surface area contributed by atoms with Gasteiger partial charge in [-0.3, -0.25) is 0 Å². The number of phenols is 1. The molecule has 1 aliphatic rings. The van der Waals surface area contributed by atoms with Gasteiger partial charge in [-0.25, -0.2) is 0 Å². The second-order valence-electron chi connectivity index (χ2n) is 4.15. The van der Waals surface area contributed by atoms with Gasteiger partial charge in [0, 0.05) is 0 Å². The first-order valence-electron chi connectivity index (χ1n) is 5.47. The van der Waals surface area contributed by atoms with Crippen LogP contribution in [0.5, 0.6) is 11.5 Å². The van der Waals surface area contributed by atoms with E-state index in [9.17, 15) is 5.11 Å². The lowest BCUT2D eigenvalue weighted by Crippen LogP contribution is -2.10. The van der Waals surface area contributed by atoms with Crippen LogP contribution in [0.4, 0.5) is 0 Å². The summed E-state index contributed by atoms with van der Waals surface area (Å²) < 4.78 is 5.08. The Kier molecular flexibility index (Phi) is 3.56. The fourth-order valence-electron chi connectivity index (χ4n) is 2.15. The Labute approximate surface area is 100 Å². The molecule has 16 heavy (non-hydrogen) atoms. The number of nitrogens with one attached hydrogen (secondary N) is 1. The van der Waals surface area contributed by atoms with Crippen molar-refractivity contribution >= 4 is 11.6 Å². The van der Waals surface area contributed by atoms with Crippen LogP contribution in [0.3, 0.4) is 0 Å². The third kappa shape index (κ3) is 2.25. The van der Waals surface area contributed by atoms with Gasteiger partial charge in [-0.05, 0) is 43.5 Å². The van der Waals surface area contributed by atoms with Crippen molar-refractivity contribution in [1.29, 1.82) is 0 Å². The highest BCUT2D eigenvalue weighted by Crippen LogP contribution is 2.38. The fraction of sp³-hybridized carbons (Fsp3) is 0.500. The van der Waals surface area contributed by atoms with Gasteiger partial charge < -0.3 is 15.2 Å². The molecule has 2 rings (SSSR count). The topological polar surface area (TPSA) is 41.5 Å². The van der Waals surface area contributed by atoms with Crippen LogP contribution in [-0.2, 0) is 6.42 Å². The minimum Gasteiger partial charge on any atom is -0.504 e. The average Bonchev–Trinajstić information content (AvgIpc) is 2.76. The quantitative estimate of drug-likeness (QED) is 0.853. The van der Waals surface area contributed by atoms with Crippen LogP contribution in [0.1, 0.15) is 12.0 Å². The van der Waals surface area contributed by atoms with Gasteiger partial charge in [-0.2, -0.15) is 0 Å². The summed E-state index contributed by atoms with van der Waals surface area (Å²) in [6.07, 6.45) is 2.02. The van der Waals surface area contributed by atoms with Gasteiger partial charge >= 0.3 is 0 Å². The van der Waals surface area contributed by atoms with Gasteiger partial charge in [0.2, 0.25) is 0 Å². The van der Waals surface area contributed by atoms with E-state index in [1.807, 2.05) is 6.07 Å². The largest absolute Gasteiger partial charge is 0.504 e. The van der Waals surface area contributed by atoms with E-state index in [1.54, 1.807) is 6.07 Å². The second-order valence-corrected chi connectivity index (χ2v) is 4.56. The van der Waals surface area contributed by atoms with Crippen LogP contribution in [0.15, 0.2) is 12.1 Å². The lowest BCUT2D eigenvalue weighted by molar-refractivity contribution is 0.369. The van der Waals surface area contributed by atoms with Crippen LogP contribution < -0.4 is 10.1 Å². The SMILES string of the molecule is COc1c(Cl)ccc(CC2CCNC2)c1O. The minimum atomic E-state index is 0.182. The number of ether oxygens (including phenoxy) is 1. The number of hydrogen-bond donors (Lipinski definition) is 2. The maximum atomic E-state index is 10.0. The monoisotopic (exact) mass is 241 g/mol. The number of benzene rings is 1. The zero-order valence-corrected chi connectivity index (χ0v) is 10.0. The lowest BCUT2D eigenvalue weighted by atomic mass is 9.98. The maximum absolute atomic E-state index is 10.0. The fourth-order valence-corrected chi connectivity index (χ4v) is 2.38. The summed E-state index contributed by atoms with van der Waals surface area (Å²) in [7, 11) is 1.52. The van der Waals surface area contributed by atoms with Crippen molar-refractivity contribution in [3.8, 4) is 11.5 Å².